The fraction of sp³-hybridized carbons (Fsp3) is 0.167. The lowest BCUT2D eigenvalue weighted by molar-refractivity contribution is -0.118. The molecule has 2 aromatic rings. The topological polar surface area (TPSA) is 66.2 Å². The van der Waals surface area contributed by atoms with Gasteiger partial charge in [0.05, 0.1) is 18.7 Å². The molecule has 1 amide bonds. The predicted octanol–water partition coefficient (Wildman–Crippen LogP) is 2.10. The van der Waals surface area contributed by atoms with Gasteiger partial charge in [0, 0.05) is 12.6 Å². The molecule has 23 heavy (non-hydrogen) atoms. The highest BCUT2D eigenvalue weighted by Gasteiger charge is 2.19. The van der Waals surface area contributed by atoms with Crippen molar-refractivity contribution in [3.8, 4) is 23.7 Å². The first-order chi connectivity index (χ1) is 11.2. The van der Waals surface area contributed by atoms with E-state index >= 15 is 0 Å². The van der Waals surface area contributed by atoms with Crippen LogP contribution in [0.25, 0.3) is 0 Å². The molecule has 2 heterocycles. The van der Waals surface area contributed by atoms with Gasteiger partial charge in [0.15, 0.2) is 0 Å². The van der Waals surface area contributed by atoms with E-state index in [9.17, 15) is 4.79 Å². The van der Waals surface area contributed by atoms with Crippen LogP contribution in [0.2, 0.25) is 0 Å². The lowest BCUT2D eigenvalue weighted by Crippen LogP contribution is -2.25. The molecule has 0 fully saturated rings. The molecule has 0 bridgehead atoms. The van der Waals surface area contributed by atoms with Gasteiger partial charge in [0.1, 0.15) is 23.2 Å². The maximum atomic E-state index is 11.9. The summed E-state index contributed by atoms with van der Waals surface area (Å²) < 4.78 is 5.58. The fourth-order valence-corrected chi connectivity index (χ4v) is 2.23. The summed E-state index contributed by atoms with van der Waals surface area (Å²) in [7, 11) is 1.73. The summed E-state index contributed by atoms with van der Waals surface area (Å²) in [6.07, 6.45) is 0.358. The van der Waals surface area contributed by atoms with Gasteiger partial charge in [0.25, 0.3) is 0 Å². The van der Waals surface area contributed by atoms with Crippen molar-refractivity contribution in [1.82, 2.24) is 4.98 Å². The molecule has 0 radical (unpaired) electrons. The second-order valence-electron chi connectivity index (χ2n) is 5.00. The molecule has 1 aromatic carbocycles. The van der Waals surface area contributed by atoms with E-state index in [1.165, 1.54) is 0 Å². The van der Waals surface area contributed by atoms with Gasteiger partial charge >= 0.3 is 0 Å². The zero-order chi connectivity index (χ0) is 16.2. The normalized spacial score (nSPS) is 13.0. The molecule has 1 aliphatic heterocycles. The molecule has 0 atom stereocenters. The number of rotatable bonds is 0. The Balaban J connectivity index is 1.94. The Morgan fingerprint density at radius 2 is 2.04 bits per heavy atom. The maximum Gasteiger partial charge on any atom is 0.230 e. The van der Waals surface area contributed by atoms with Crippen LogP contribution in [-0.4, -0.2) is 24.5 Å². The molecule has 5 nitrogen and oxygen atoms in total. The highest BCUT2D eigenvalue weighted by atomic mass is 16.5. The molecular weight excluding hydrogens is 290 g/mol. The molecule has 5 heteroatoms. The monoisotopic (exact) mass is 303 g/mol. The van der Waals surface area contributed by atoms with E-state index in [1.54, 1.807) is 30.1 Å². The maximum absolute atomic E-state index is 11.9. The highest BCUT2D eigenvalue weighted by molar-refractivity contribution is 5.95. The lowest BCUT2D eigenvalue weighted by atomic mass is 10.1. The van der Waals surface area contributed by atoms with Crippen LogP contribution in [0.1, 0.15) is 23.4 Å². The number of aromatic nitrogens is 1. The van der Waals surface area contributed by atoms with E-state index in [2.05, 4.69) is 16.8 Å². The number of pyridine rings is 1. The quantitative estimate of drug-likeness (QED) is 0.699. The van der Waals surface area contributed by atoms with Gasteiger partial charge < -0.3 is 9.64 Å². The number of ether oxygens (including phenoxy) is 1. The first-order valence-corrected chi connectivity index (χ1v) is 7.10. The Labute approximate surface area is 134 Å². The van der Waals surface area contributed by atoms with E-state index in [4.69, 9.17) is 10.00 Å². The van der Waals surface area contributed by atoms with Crippen molar-refractivity contribution in [2.24, 2.45) is 0 Å². The van der Waals surface area contributed by atoms with Crippen molar-refractivity contribution >= 4 is 11.6 Å². The molecule has 0 spiro atoms. The minimum Gasteiger partial charge on any atom is -0.491 e. The van der Waals surface area contributed by atoms with Gasteiger partial charge in [0.2, 0.25) is 5.91 Å². The van der Waals surface area contributed by atoms with Crippen molar-refractivity contribution in [3.05, 3.63) is 53.3 Å². The third kappa shape index (κ3) is 3.14. The van der Waals surface area contributed by atoms with Crippen LogP contribution >= 0.6 is 0 Å². The average molecular weight is 303 g/mol. The Bertz CT molecular complexity index is 872. The van der Waals surface area contributed by atoms with Crippen LogP contribution in [0.3, 0.4) is 0 Å². The summed E-state index contributed by atoms with van der Waals surface area (Å²) in [4.78, 5) is 17.6. The zero-order valence-electron chi connectivity index (χ0n) is 12.5. The van der Waals surface area contributed by atoms with Crippen LogP contribution in [0.4, 0.5) is 5.69 Å². The van der Waals surface area contributed by atoms with E-state index < -0.39 is 0 Å². The smallest absolute Gasteiger partial charge is 0.230 e. The second kappa shape index (κ2) is 6.21. The number of hydrogen-bond acceptors (Lipinski definition) is 4. The summed E-state index contributed by atoms with van der Waals surface area (Å²) in [5.41, 5.74) is 2.31. The number of nitriles is 1. The Morgan fingerprint density at radius 3 is 2.87 bits per heavy atom. The standard InChI is InChI=1S/C18H13N3O2/c1-21-16-11-13(6-8-17(16)23-10-9-18(21)22)5-7-14-3-2-4-15(12-19)20-14/h2-4,6,8,11H,9-10H2,1H3. The third-order valence-electron chi connectivity index (χ3n) is 3.47. The number of fused-ring (bicyclic) bond motifs is 1. The summed E-state index contributed by atoms with van der Waals surface area (Å²) in [6, 6.07) is 12.6. The van der Waals surface area contributed by atoms with Crippen molar-refractivity contribution in [2.75, 3.05) is 18.6 Å². The van der Waals surface area contributed by atoms with Crippen molar-refractivity contribution in [3.63, 3.8) is 0 Å². The zero-order valence-corrected chi connectivity index (χ0v) is 12.5. The minimum atomic E-state index is 0.0113. The second-order valence-corrected chi connectivity index (χ2v) is 5.00. The van der Waals surface area contributed by atoms with E-state index in [0.29, 0.717) is 35.9 Å². The Morgan fingerprint density at radius 1 is 1.22 bits per heavy atom. The summed E-state index contributed by atoms with van der Waals surface area (Å²) in [5.74, 6) is 6.62. The third-order valence-corrected chi connectivity index (χ3v) is 3.47. The molecule has 0 saturated carbocycles. The van der Waals surface area contributed by atoms with Crippen molar-refractivity contribution < 1.29 is 9.53 Å². The molecule has 1 aliphatic rings. The molecule has 112 valence electrons. The molecule has 3 rings (SSSR count). The largest absolute Gasteiger partial charge is 0.491 e. The summed E-state index contributed by atoms with van der Waals surface area (Å²) in [5, 5.41) is 8.85. The summed E-state index contributed by atoms with van der Waals surface area (Å²) in [6.45, 7) is 0.381. The van der Waals surface area contributed by atoms with Gasteiger partial charge in [-0.2, -0.15) is 5.26 Å². The molecule has 0 aliphatic carbocycles. The van der Waals surface area contributed by atoms with Gasteiger partial charge in [-0.3, -0.25) is 4.79 Å². The minimum absolute atomic E-state index is 0.0113. The van der Waals surface area contributed by atoms with Crippen molar-refractivity contribution in [2.45, 2.75) is 6.42 Å². The van der Waals surface area contributed by atoms with Gasteiger partial charge in [-0.25, -0.2) is 4.98 Å². The number of nitrogens with zero attached hydrogens (tertiary/aromatic N) is 3. The Kier molecular flexibility index (Phi) is 3.95. The SMILES string of the molecule is CN1C(=O)CCOc2ccc(C#Cc3cccc(C#N)n3)cc21. The Hall–Kier alpha value is -3.31. The highest BCUT2D eigenvalue weighted by Crippen LogP contribution is 2.31. The van der Waals surface area contributed by atoms with Gasteiger partial charge in [-0.05, 0) is 36.3 Å². The van der Waals surface area contributed by atoms with Gasteiger partial charge in [-0.15, -0.1) is 0 Å². The number of anilines is 1. The van der Waals surface area contributed by atoms with Crippen molar-refractivity contribution in [1.29, 1.82) is 5.26 Å². The van der Waals surface area contributed by atoms with Crippen LogP contribution < -0.4 is 9.64 Å². The van der Waals surface area contributed by atoms with Crippen LogP contribution in [-0.2, 0) is 4.79 Å². The first-order valence-electron chi connectivity index (χ1n) is 7.10. The molecule has 0 saturated heterocycles. The number of carbonyl (C=O) groups is 1. The fourth-order valence-electron chi connectivity index (χ4n) is 2.23. The summed E-state index contributed by atoms with van der Waals surface area (Å²) >= 11 is 0. The van der Waals surface area contributed by atoms with E-state index in [0.717, 1.165) is 5.56 Å². The lowest BCUT2D eigenvalue weighted by Gasteiger charge is -2.16. The van der Waals surface area contributed by atoms with Crippen LogP contribution in [0.5, 0.6) is 5.75 Å². The number of benzene rings is 1. The number of amides is 1. The number of carbonyl (C=O) groups excluding carboxylic acids is 1. The van der Waals surface area contributed by atoms with Gasteiger partial charge in [-0.1, -0.05) is 12.0 Å². The average Bonchev–Trinajstić information content (AvgIpc) is 2.73. The van der Waals surface area contributed by atoms with E-state index in [-0.39, 0.29) is 5.91 Å². The molecule has 0 unspecified atom stereocenters. The predicted molar refractivity (Wildman–Crippen MR) is 84.9 cm³/mol. The first kappa shape index (κ1) is 14.6. The molecule has 1 aromatic heterocycles. The number of hydrogen-bond donors (Lipinski definition) is 0. The van der Waals surface area contributed by atoms with Crippen LogP contribution in [0.15, 0.2) is 36.4 Å². The molecule has 0 N–H and O–H groups in total. The van der Waals surface area contributed by atoms with Crippen LogP contribution in [0, 0.1) is 23.2 Å². The van der Waals surface area contributed by atoms with E-state index in [1.807, 2.05) is 24.3 Å². The molecular formula is C18H13N3O2.